The number of aromatic nitrogens is 1. The van der Waals surface area contributed by atoms with Crippen molar-refractivity contribution in [3.63, 3.8) is 0 Å². The molecule has 1 aliphatic rings. The van der Waals surface area contributed by atoms with Crippen molar-refractivity contribution in [2.75, 3.05) is 0 Å². The van der Waals surface area contributed by atoms with E-state index in [1.54, 1.807) is 12.1 Å². The van der Waals surface area contributed by atoms with E-state index in [2.05, 4.69) is 16.7 Å². The minimum atomic E-state index is 0.101. The summed E-state index contributed by atoms with van der Waals surface area (Å²) in [5.41, 5.74) is 5.08. The van der Waals surface area contributed by atoms with Crippen molar-refractivity contribution in [1.82, 2.24) is 4.57 Å². The molecule has 1 saturated carbocycles. The van der Waals surface area contributed by atoms with Crippen molar-refractivity contribution in [1.29, 1.82) is 5.26 Å². The molecule has 0 amide bonds. The van der Waals surface area contributed by atoms with Gasteiger partial charge in [-0.1, -0.05) is 42.5 Å². The highest BCUT2D eigenvalue weighted by atomic mass is 35.5. The third-order valence-electron chi connectivity index (χ3n) is 6.14. The summed E-state index contributed by atoms with van der Waals surface area (Å²) in [6, 6.07) is 11.6. The van der Waals surface area contributed by atoms with E-state index in [1.807, 2.05) is 26.1 Å². The summed E-state index contributed by atoms with van der Waals surface area (Å²) in [6.07, 6.45) is 4.55. The third-order valence-corrected chi connectivity index (χ3v) is 6.93. The zero-order valence-electron chi connectivity index (χ0n) is 16.6. The first-order chi connectivity index (χ1) is 13.9. The van der Waals surface area contributed by atoms with Crippen LogP contribution in [0, 0.1) is 24.2 Å². The summed E-state index contributed by atoms with van der Waals surface area (Å²) in [5, 5.41) is 11.4. The highest BCUT2D eigenvalue weighted by molar-refractivity contribution is 6.38. The second-order valence-electron chi connectivity index (χ2n) is 8.02. The van der Waals surface area contributed by atoms with Gasteiger partial charge in [-0.05, 0) is 54.3 Å². The first-order valence-electron chi connectivity index (χ1n) is 9.88. The minimum Gasteiger partial charge on any atom is -0.347 e. The molecular weight excluding hydrogens is 403 g/mol. The van der Waals surface area contributed by atoms with Crippen LogP contribution in [-0.4, -0.2) is 10.4 Å². The zero-order chi connectivity index (χ0) is 20.7. The van der Waals surface area contributed by atoms with Gasteiger partial charge in [0.15, 0.2) is 5.78 Å². The number of nitriles is 1. The normalized spacial score (nSPS) is 14.0. The Hall–Kier alpha value is -2.28. The van der Waals surface area contributed by atoms with Gasteiger partial charge in [0, 0.05) is 47.1 Å². The molecule has 0 aliphatic heterocycles. The highest BCUT2D eigenvalue weighted by Gasteiger charge is 2.24. The molecule has 1 aromatic heterocycles. The molecule has 29 heavy (non-hydrogen) atoms. The van der Waals surface area contributed by atoms with Crippen LogP contribution in [0.15, 0.2) is 30.3 Å². The second kappa shape index (κ2) is 7.86. The number of aryl methyl sites for hydroxylation is 2. The Labute approximate surface area is 180 Å². The summed E-state index contributed by atoms with van der Waals surface area (Å²) in [4.78, 5) is 12.7. The largest absolute Gasteiger partial charge is 0.347 e. The molecule has 2 aromatic carbocycles. The summed E-state index contributed by atoms with van der Waals surface area (Å²) in [5.74, 6) is 0.595. The number of hydrogen-bond donors (Lipinski definition) is 0. The molecule has 1 fully saturated rings. The molecule has 5 heteroatoms. The fraction of sp³-hybridized carbons (Fsp3) is 0.333. The Balaban J connectivity index is 1.71. The average Bonchev–Trinajstić information content (AvgIpc) is 2.98. The maximum absolute atomic E-state index is 12.7. The molecule has 1 heterocycles. The number of fused-ring (bicyclic) bond motifs is 1. The molecule has 148 valence electrons. The Morgan fingerprint density at radius 3 is 2.66 bits per heavy atom. The van der Waals surface area contributed by atoms with E-state index in [9.17, 15) is 10.1 Å². The van der Waals surface area contributed by atoms with Crippen LogP contribution in [0.4, 0.5) is 0 Å². The summed E-state index contributed by atoms with van der Waals surface area (Å²) in [6.45, 7) is 2.01. The number of carbonyl (C=O) groups excluding carboxylic acids is 1. The fourth-order valence-corrected chi connectivity index (χ4v) is 4.73. The molecule has 3 nitrogen and oxygen atoms in total. The quantitative estimate of drug-likeness (QED) is 0.431. The fourth-order valence-electron chi connectivity index (χ4n) is 4.12. The topological polar surface area (TPSA) is 45.8 Å². The van der Waals surface area contributed by atoms with E-state index >= 15 is 0 Å². The van der Waals surface area contributed by atoms with Crippen molar-refractivity contribution in [3.05, 3.63) is 68.3 Å². The standard InChI is InChI=1S/C24H22Cl2N2O/c1-14-8-16(13-27)9-22-19(14)11-17(28(22)2)12-20-21(25)7-6-18(24(20)26)23(29)10-15-4-3-5-15/h6-9,11,15H,3-5,10,12H2,1-2H3. The van der Waals surface area contributed by atoms with E-state index in [0.29, 0.717) is 39.9 Å². The van der Waals surface area contributed by atoms with Gasteiger partial charge in [0.25, 0.3) is 0 Å². The van der Waals surface area contributed by atoms with Crippen molar-refractivity contribution in [2.45, 2.75) is 39.0 Å². The number of halogens is 2. The van der Waals surface area contributed by atoms with Crippen LogP contribution in [0.2, 0.25) is 10.0 Å². The highest BCUT2D eigenvalue weighted by Crippen LogP contribution is 2.35. The summed E-state index contributed by atoms with van der Waals surface area (Å²) in [7, 11) is 1.98. The van der Waals surface area contributed by atoms with Gasteiger partial charge in [-0.2, -0.15) is 5.26 Å². The molecule has 4 rings (SSSR count). The Morgan fingerprint density at radius 1 is 1.24 bits per heavy atom. The lowest BCUT2D eigenvalue weighted by atomic mass is 9.81. The summed E-state index contributed by atoms with van der Waals surface area (Å²) < 4.78 is 2.07. The van der Waals surface area contributed by atoms with E-state index < -0.39 is 0 Å². The van der Waals surface area contributed by atoms with E-state index in [4.69, 9.17) is 23.2 Å². The van der Waals surface area contributed by atoms with Crippen molar-refractivity contribution in [3.8, 4) is 6.07 Å². The van der Waals surface area contributed by atoms with Gasteiger partial charge in [0.05, 0.1) is 16.7 Å². The van der Waals surface area contributed by atoms with Gasteiger partial charge in [-0.25, -0.2) is 0 Å². The van der Waals surface area contributed by atoms with Crippen LogP contribution >= 0.6 is 23.2 Å². The van der Waals surface area contributed by atoms with Gasteiger partial charge >= 0.3 is 0 Å². The SMILES string of the molecule is Cc1cc(C#N)cc2c1cc(Cc1c(Cl)ccc(C(=O)CC3CCC3)c1Cl)n2C. The van der Waals surface area contributed by atoms with Gasteiger partial charge in [0.2, 0.25) is 0 Å². The lowest BCUT2D eigenvalue weighted by molar-refractivity contribution is 0.0936. The van der Waals surface area contributed by atoms with E-state index in [1.165, 1.54) is 6.42 Å². The lowest BCUT2D eigenvalue weighted by Gasteiger charge is -2.24. The van der Waals surface area contributed by atoms with Crippen LogP contribution in [0.5, 0.6) is 0 Å². The maximum atomic E-state index is 12.7. The van der Waals surface area contributed by atoms with Crippen molar-refractivity contribution >= 4 is 39.9 Å². The minimum absolute atomic E-state index is 0.101. The first-order valence-corrected chi connectivity index (χ1v) is 10.6. The van der Waals surface area contributed by atoms with Crippen LogP contribution in [-0.2, 0) is 13.5 Å². The van der Waals surface area contributed by atoms with Crippen LogP contribution in [0.3, 0.4) is 0 Å². The molecule has 0 unspecified atom stereocenters. The van der Waals surface area contributed by atoms with Crippen LogP contribution in [0.25, 0.3) is 10.9 Å². The summed E-state index contributed by atoms with van der Waals surface area (Å²) >= 11 is 13.2. The van der Waals surface area contributed by atoms with E-state index in [-0.39, 0.29) is 5.78 Å². The van der Waals surface area contributed by atoms with Crippen LogP contribution in [0.1, 0.15) is 58.4 Å². The Bertz CT molecular complexity index is 1170. The number of nitrogens with zero attached hydrogens (tertiary/aromatic N) is 2. The molecule has 0 saturated heterocycles. The molecule has 0 atom stereocenters. The number of rotatable bonds is 5. The van der Waals surface area contributed by atoms with Gasteiger partial charge < -0.3 is 4.57 Å². The number of carbonyl (C=O) groups is 1. The van der Waals surface area contributed by atoms with Crippen LogP contribution < -0.4 is 0 Å². The van der Waals surface area contributed by atoms with E-state index in [0.717, 1.165) is 40.6 Å². The Morgan fingerprint density at radius 2 is 2.00 bits per heavy atom. The molecule has 3 aromatic rings. The number of ketones is 1. The predicted molar refractivity (Wildman–Crippen MR) is 118 cm³/mol. The molecule has 1 aliphatic carbocycles. The predicted octanol–water partition coefficient (Wildman–Crippen LogP) is 6.63. The Kier molecular flexibility index (Phi) is 5.42. The van der Waals surface area contributed by atoms with Gasteiger partial charge in [-0.15, -0.1) is 0 Å². The molecular formula is C24H22Cl2N2O. The third kappa shape index (κ3) is 3.68. The number of Topliss-reactive ketones (excluding diaryl/α,β-unsaturated/α-hetero) is 1. The second-order valence-corrected chi connectivity index (χ2v) is 8.81. The smallest absolute Gasteiger partial charge is 0.164 e. The monoisotopic (exact) mass is 424 g/mol. The maximum Gasteiger partial charge on any atom is 0.164 e. The lowest BCUT2D eigenvalue weighted by Crippen LogP contribution is -2.16. The first kappa shape index (κ1) is 20.0. The van der Waals surface area contributed by atoms with Gasteiger partial charge in [-0.3, -0.25) is 4.79 Å². The molecule has 0 spiro atoms. The number of benzene rings is 2. The average molecular weight is 425 g/mol. The molecule has 0 radical (unpaired) electrons. The van der Waals surface area contributed by atoms with Crippen molar-refractivity contribution in [2.24, 2.45) is 13.0 Å². The molecule has 0 N–H and O–H groups in total. The van der Waals surface area contributed by atoms with Gasteiger partial charge in [0.1, 0.15) is 0 Å². The molecule has 0 bridgehead atoms. The van der Waals surface area contributed by atoms with Crippen molar-refractivity contribution < 1.29 is 4.79 Å². The zero-order valence-corrected chi connectivity index (χ0v) is 18.1. The number of hydrogen-bond acceptors (Lipinski definition) is 2.